The molecule has 3 rings (SSSR count). The number of carbonyl (C=O) groups excluding carboxylic acids is 1. The Morgan fingerprint density at radius 2 is 1.91 bits per heavy atom. The predicted octanol–water partition coefficient (Wildman–Crippen LogP) is 3.84. The van der Waals surface area contributed by atoms with Gasteiger partial charge >= 0.3 is 5.97 Å². The van der Waals surface area contributed by atoms with Gasteiger partial charge in [0.1, 0.15) is 0 Å². The van der Waals surface area contributed by atoms with Gasteiger partial charge in [-0.05, 0) is 55.9 Å². The Morgan fingerprint density at radius 1 is 1.19 bits per heavy atom. The van der Waals surface area contributed by atoms with Gasteiger partial charge in [0.05, 0.1) is 18.6 Å². The van der Waals surface area contributed by atoms with E-state index >= 15 is 0 Å². The van der Waals surface area contributed by atoms with Crippen molar-refractivity contribution in [2.45, 2.75) is 39.0 Å². The first-order chi connectivity index (χ1) is 15.4. The molecule has 2 heterocycles. The van der Waals surface area contributed by atoms with Crippen LogP contribution in [0, 0.1) is 5.92 Å². The van der Waals surface area contributed by atoms with Crippen LogP contribution in [-0.2, 0) is 14.8 Å². The van der Waals surface area contributed by atoms with Crippen molar-refractivity contribution in [3.8, 4) is 11.5 Å². The maximum absolute atomic E-state index is 12.1. The molecule has 1 aromatic carbocycles. The number of pyridine rings is 1. The quantitative estimate of drug-likeness (QED) is 0.424. The number of hydrogen-bond donors (Lipinski definition) is 1. The van der Waals surface area contributed by atoms with Gasteiger partial charge in [0.2, 0.25) is 10.0 Å². The number of anilines is 2. The molecule has 0 unspecified atom stereocenters. The van der Waals surface area contributed by atoms with Crippen LogP contribution in [0.2, 0.25) is 0 Å². The van der Waals surface area contributed by atoms with Crippen molar-refractivity contribution in [3.05, 3.63) is 42.7 Å². The minimum absolute atomic E-state index is 0.115. The molecule has 0 atom stereocenters. The number of para-hydroxylation sites is 1. The molecule has 1 N–H and O–H groups in total. The van der Waals surface area contributed by atoms with E-state index in [4.69, 9.17) is 9.47 Å². The Morgan fingerprint density at radius 3 is 2.56 bits per heavy atom. The van der Waals surface area contributed by atoms with Crippen LogP contribution >= 0.6 is 0 Å². The summed E-state index contributed by atoms with van der Waals surface area (Å²) >= 11 is 0. The summed E-state index contributed by atoms with van der Waals surface area (Å²) in [6.45, 7) is 4.31. The standard InChI is InChI=1S/C23H31N3O5S/c1-3-5-22(27)31-23-20(25-32(2,28)29)6-4-7-21(23)30-17-12-18-10-15-26(16-11-18)19-8-13-24-14-9-19/h4,6-9,13-14,18,25H,3,5,10-12,15-17H2,1-2H3. The second kappa shape index (κ2) is 11.2. The molecule has 174 valence electrons. The molecular formula is C23H31N3O5S. The van der Waals surface area contributed by atoms with Crippen molar-refractivity contribution in [3.63, 3.8) is 0 Å². The summed E-state index contributed by atoms with van der Waals surface area (Å²) in [5, 5.41) is 0. The number of nitrogens with one attached hydrogen (secondary N) is 1. The predicted molar refractivity (Wildman–Crippen MR) is 125 cm³/mol. The number of piperidine rings is 1. The number of carbonyl (C=O) groups is 1. The van der Waals surface area contributed by atoms with Gasteiger partial charge in [-0.15, -0.1) is 0 Å². The smallest absolute Gasteiger partial charge is 0.311 e. The second-order valence-electron chi connectivity index (χ2n) is 8.00. The Balaban J connectivity index is 1.59. The fraction of sp³-hybridized carbons (Fsp3) is 0.478. The second-order valence-corrected chi connectivity index (χ2v) is 9.75. The monoisotopic (exact) mass is 461 g/mol. The van der Waals surface area contributed by atoms with E-state index in [-0.39, 0.29) is 17.9 Å². The summed E-state index contributed by atoms with van der Waals surface area (Å²) < 4.78 is 37.3. The Kier molecular flexibility index (Phi) is 8.33. The lowest BCUT2D eigenvalue weighted by molar-refractivity contribution is -0.134. The Labute approximate surface area is 190 Å². The molecule has 32 heavy (non-hydrogen) atoms. The van der Waals surface area contributed by atoms with Gasteiger partial charge in [-0.3, -0.25) is 14.5 Å². The lowest BCUT2D eigenvalue weighted by Crippen LogP contribution is -2.34. The fourth-order valence-corrected chi connectivity index (χ4v) is 4.31. The van der Waals surface area contributed by atoms with Crippen LogP contribution < -0.4 is 19.1 Å². The van der Waals surface area contributed by atoms with Gasteiger partial charge in [0.15, 0.2) is 11.5 Å². The average molecular weight is 462 g/mol. The summed E-state index contributed by atoms with van der Waals surface area (Å²) in [6, 6.07) is 8.98. The van der Waals surface area contributed by atoms with E-state index in [0.717, 1.165) is 38.6 Å². The molecule has 1 aliphatic heterocycles. The minimum atomic E-state index is -3.54. The normalized spacial score (nSPS) is 14.8. The summed E-state index contributed by atoms with van der Waals surface area (Å²) in [4.78, 5) is 18.5. The highest BCUT2D eigenvalue weighted by Crippen LogP contribution is 2.37. The number of benzene rings is 1. The lowest BCUT2D eigenvalue weighted by Gasteiger charge is -2.33. The molecule has 0 bridgehead atoms. The van der Waals surface area contributed by atoms with Crippen LogP contribution in [0.3, 0.4) is 0 Å². The van der Waals surface area contributed by atoms with Gasteiger partial charge < -0.3 is 14.4 Å². The topological polar surface area (TPSA) is 97.8 Å². The molecule has 1 fully saturated rings. The van der Waals surface area contributed by atoms with Crippen LogP contribution in [-0.4, -0.2) is 45.3 Å². The Bertz CT molecular complexity index is 990. The maximum Gasteiger partial charge on any atom is 0.311 e. The van der Waals surface area contributed by atoms with Crippen LogP contribution in [0.5, 0.6) is 11.5 Å². The highest BCUT2D eigenvalue weighted by atomic mass is 32.2. The molecule has 8 nitrogen and oxygen atoms in total. The minimum Gasteiger partial charge on any atom is -0.490 e. The summed E-state index contributed by atoms with van der Waals surface area (Å²) in [5.74, 6) is 0.585. The first-order valence-corrected chi connectivity index (χ1v) is 12.8. The van der Waals surface area contributed by atoms with E-state index in [1.807, 2.05) is 31.5 Å². The molecule has 0 radical (unpaired) electrons. The van der Waals surface area contributed by atoms with E-state index in [9.17, 15) is 13.2 Å². The third-order valence-electron chi connectivity index (χ3n) is 5.37. The number of rotatable bonds is 10. The molecule has 2 aromatic rings. The number of ether oxygens (including phenoxy) is 2. The average Bonchev–Trinajstić information content (AvgIpc) is 2.76. The van der Waals surface area contributed by atoms with Crippen LogP contribution in [0.15, 0.2) is 42.7 Å². The van der Waals surface area contributed by atoms with Crippen LogP contribution in [0.4, 0.5) is 11.4 Å². The van der Waals surface area contributed by atoms with E-state index in [1.165, 1.54) is 5.69 Å². The summed E-state index contributed by atoms with van der Waals surface area (Å²) in [7, 11) is -3.54. The summed E-state index contributed by atoms with van der Waals surface area (Å²) in [5.41, 5.74) is 1.39. The molecular weight excluding hydrogens is 430 g/mol. The fourth-order valence-electron chi connectivity index (χ4n) is 3.75. The van der Waals surface area contributed by atoms with E-state index in [1.54, 1.807) is 18.2 Å². The van der Waals surface area contributed by atoms with Crippen LogP contribution in [0.25, 0.3) is 0 Å². The molecule has 1 aliphatic rings. The number of hydrogen-bond acceptors (Lipinski definition) is 7. The number of esters is 1. The zero-order valence-electron chi connectivity index (χ0n) is 18.6. The Hall–Kier alpha value is -2.81. The highest BCUT2D eigenvalue weighted by Gasteiger charge is 2.21. The van der Waals surface area contributed by atoms with Crippen molar-refractivity contribution >= 4 is 27.4 Å². The van der Waals surface area contributed by atoms with E-state index < -0.39 is 16.0 Å². The zero-order chi connectivity index (χ0) is 23.0. The third kappa shape index (κ3) is 7.12. The molecule has 0 aliphatic carbocycles. The summed E-state index contributed by atoms with van der Waals surface area (Å²) in [6.07, 6.45) is 8.56. The van der Waals surface area contributed by atoms with Gasteiger partial charge in [-0.25, -0.2) is 8.42 Å². The van der Waals surface area contributed by atoms with Crippen molar-refractivity contribution in [1.29, 1.82) is 0 Å². The van der Waals surface area contributed by atoms with E-state index in [2.05, 4.69) is 14.6 Å². The number of sulfonamides is 1. The molecule has 0 amide bonds. The van der Waals surface area contributed by atoms with Gasteiger partial charge in [0.25, 0.3) is 0 Å². The first-order valence-electron chi connectivity index (χ1n) is 10.9. The first kappa shape index (κ1) is 23.8. The SMILES string of the molecule is CCCC(=O)Oc1c(NS(C)(=O)=O)cccc1OCCC1CCN(c2ccncc2)CC1. The van der Waals surface area contributed by atoms with Gasteiger partial charge in [-0.2, -0.15) is 0 Å². The lowest BCUT2D eigenvalue weighted by atomic mass is 9.93. The zero-order valence-corrected chi connectivity index (χ0v) is 19.4. The third-order valence-corrected chi connectivity index (χ3v) is 5.96. The maximum atomic E-state index is 12.1. The van der Waals surface area contributed by atoms with Gasteiger partial charge in [-0.1, -0.05) is 13.0 Å². The molecule has 0 saturated carbocycles. The molecule has 9 heteroatoms. The van der Waals surface area contributed by atoms with Gasteiger partial charge in [0, 0.05) is 37.6 Å². The molecule has 1 aromatic heterocycles. The van der Waals surface area contributed by atoms with Crippen molar-refractivity contribution < 1.29 is 22.7 Å². The highest BCUT2D eigenvalue weighted by molar-refractivity contribution is 7.92. The van der Waals surface area contributed by atoms with Crippen molar-refractivity contribution in [1.82, 2.24) is 4.98 Å². The molecule has 1 saturated heterocycles. The largest absolute Gasteiger partial charge is 0.490 e. The number of nitrogens with zero attached hydrogens (tertiary/aromatic N) is 2. The molecule has 0 spiro atoms. The number of aromatic nitrogens is 1. The van der Waals surface area contributed by atoms with Crippen LogP contribution in [0.1, 0.15) is 39.0 Å². The van der Waals surface area contributed by atoms with E-state index in [0.29, 0.717) is 24.7 Å². The van der Waals surface area contributed by atoms with Crippen molar-refractivity contribution in [2.24, 2.45) is 5.92 Å². The van der Waals surface area contributed by atoms with Crippen molar-refractivity contribution in [2.75, 3.05) is 35.6 Å².